The Morgan fingerprint density at radius 2 is 1.92 bits per heavy atom. The van der Waals surface area contributed by atoms with Gasteiger partial charge in [0.15, 0.2) is 0 Å². The number of rotatable bonds is 6. The van der Waals surface area contributed by atoms with Crippen molar-refractivity contribution >= 4 is 5.91 Å². The lowest BCUT2D eigenvalue weighted by Crippen LogP contribution is -2.51. The summed E-state index contributed by atoms with van der Waals surface area (Å²) in [6, 6.07) is 8.39. The Morgan fingerprint density at radius 3 is 2.64 bits per heavy atom. The number of nitrogens with zero attached hydrogens (tertiary/aromatic N) is 2. The lowest BCUT2D eigenvalue weighted by Gasteiger charge is -2.39. The average Bonchev–Trinajstić information content (AvgIpc) is 2.68. The predicted molar refractivity (Wildman–Crippen MR) is 97.9 cm³/mol. The number of amides is 1. The zero-order chi connectivity index (χ0) is 17.5. The summed E-state index contributed by atoms with van der Waals surface area (Å²) >= 11 is 0. The number of ether oxygens (including phenoxy) is 2. The van der Waals surface area contributed by atoms with E-state index in [-0.39, 0.29) is 0 Å². The second-order valence-corrected chi connectivity index (χ2v) is 7.00. The number of benzene rings is 1. The number of carbonyl (C=O) groups is 1. The second-order valence-electron chi connectivity index (χ2n) is 7.00. The normalized spacial score (nSPS) is 22.0. The second kappa shape index (κ2) is 9.20. The van der Waals surface area contributed by atoms with Gasteiger partial charge < -0.3 is 14.4 Å². The first-order valence-corrected chi connectivity index (χ1v) is 9.49. The number of hydrogen-bond donors (Lipinski definition) is 0. The summed E-state index contributed by atoms with van der Waals surface area (Å²) in [5.41, 5.74) is 1.19. The number of likely N-dealkylation sites (tertiary alicyclic amines) is 1. The average molecular weight is 346 g/mol. The molecule has 0 bridgehead atoms. The summed E-state index contributed by atoms with van der Waals surface area (Å²) < 4.78 is 10.6. The maximum atomic E-state index is 12.8. The van der Waals surface area contributed by atoms with Crippen LogP contribution in [0.25, 0.3) is 0 Å². The summed E-state index contributed by atoms with van der Waals surface area (Å²) in [6.07, 6.45) is 4.88. The highest BCUT2D eigenvalue weighted by molar-refractivity contribution is 5.77. The van der Waals surface area contributed by atoms with Crippen molar-refractivity contribution in [3.8, 4) is 5.75 Å². The third kappa shape index (κ3) is 5.19. The van der Waals surface area contributed by atoms with Crippen molar-refractivity contribution in [2.24, 2.45) is 0 Å². The molecule has 5 nitrogen and oxygen atoms in total. The fourth-order valence-electron chi connectivity index (χ4n) is 3.79. The van der Waals surface area contributed by atoms with Crippen molar-refractivity contribution in [3.05, 3.63) is 29.8 Å². The molecule has 3 rings (SSSR count). The molecule has 5 heteroatoms. The minimum absolute atomic E-state index is 0.300. The maximum absolute atomic E-state index is 12.8. The molecule has 0 unspecified atom stereocenters. The smallest absolute Gasteiger partial charge is 0.223 e. The molecule has 2 aliphatic rings. The molecular weight excluding hydrogens is 316 g/mol. The quantitative estimate of drug-likeness (QED) is 0.793. The van der Waals surface area contributed by atoms with E-state index >= 15 is 0 Å². The summed E-state index contributed by atoms with van der Waals surface area (Å²) in [6.45, 7) is 5.53. The van der Waals surface area contributed by atoms with Crippen LogP contribution in [0, 0.1) is 0 Å². The highest BCUT2D eigenvalue weighted by Crippen LogP contribution is 2.20. The third-order valence-electron chi connectivity index (χ3n) is 5.31. The van der Waals surface area contributed by atoms with Gasteiger partial charge in [-0.05, 0) is 43.4 Å². The van der Waals surface area contributed by atoms with Crippen molar-refractivity contribution in [2.45, 2.75) is 38.1 Å². The van der Waals surface area contributed by atoms with Crippen molar-refractivity contribution < 1.29 is 14.3 Å². The van der Waals surface area contributed by atoms with Gasteiger partial charge >= 0.3 is 0 Å². The summed E-state index contributed by atoms with van der Waals surface area (Å²) in [4.78, 5) is 17.4. The SMILES string of the molecule is COc1ccc(CCC(=O)N2CCCC[C@H]2CN2CCOCC2)cc1. The van der Waals surface area contributed by atoms with E-state index in [1.54, 1.807) is 7.11 Å². The van der Waals surface area contributed by atoms with Crippen LogP contribution in [0.15, 0.2) is 24.3 Å². The summed E-state index contributed by atoms with van der Waals surface area (Å²) in [7, 11) is 1.67. The summed E-state index contributed by atoms with van der Waals surface area (Å²) in [5, 5.41) is 0. The molecule has 0 spiro atoms. The van der Waals surface area contributed by atoms with Gasteiger partial charge in [0.05, 0.1) is 20.3 Å². The van der Waals surface area contributed by atoms with Crippen LogP contribution >= 0.6 is 0 Å². The Kier molecular flexibility index (Phi) is 6.70. The van der Waals surface area contributed by atoms with Gasteiger partial charge in [-0.25, -0.2) is 0 Å². The van der Waals surface area contributed by atoms with E-state index in [4.69, 9.17) is 9.47 Å². The minimum atomic E-state index is 0.300. The van der Waals surface area contributed by atoms with E-state index in [9.17, 15) is 4.79 Å². The molecule has 1 atom stereocenters. The molecule has 0 aromatic heterocycles. The standard InChI is InChI=1S/C20H30N2O3/c1-24-19-8-5-17(6-9-19)7-10-20(23)22-11-3-2-4-18(22)16-21-12-14-25-15-13-21/h5-6,8-9,18H,2-4,7,10-16H2,1H3/t18-/m0/s1. The molecule has 1 aromatic carbocycles. The van der Waals surface area contributed by atoms with Crippen molar-refractivity contribution in [1.29, 1.82) is 0 Å². The molecule has 138 valence electrons. The third-order valence-corrected chi connectivity index (χ3v) is 5.31. The molecule has 0 saturated carbocycles. The molecule has 25 heavy (non-hydrogen) atoms. The van der Waals surface area contributed by atoms with Crippen LogP contribution in [-0.4, -0.2) is 68.3 Å². The van der Waals surface area contributed by atoms with Crippen molar-refractivity contribution in [3.63, 3.8) is 0 Å². The van der Waals surface area contributed by atoms with Crippen LogP contribution in [0.5, 0.6) is 5.75 Å². The van der Waals surface area contributed by atoms with Crippen LogP contribution in [0.2, 0.25) is 0 Å². The minimum Gasteiger partial charge on any atom is -0.497 e. The van der Waals surface area contributed by atoms with E-state index in [0.717, 1.165) is 64.4 Å². The topological polar surface area (TPSA) is 42.0 Å². The van der Waals surface area contributed by atoms with Crippen LogP contribution in [0.1, 0.15) is 31.2 Å². The maximum Gasteiger partial charge on any atom is 0.223 e. The zero-order valence-electron chi connectivity index (χ0n) is 15.3. The lowest BCUT2D eigenvalue weighted by molar-refractivity contribution is -0.135. The molecule has 1 aromatic rings. The van der Waals surface area contributed by atoms with Gasteiger partial charge in [0.1, 0.15) is 5.75 Å². The monoisotopic (exact) mass is 346 g/mol. The highest BCUT2D eigenvalue weighted by Gasteiger charge is 2.28. The molecule has 1 amide bonds. The number of aryl methyl sites for hydroxylation is 1. The fraction of sp³-hybridized carbons (Fsp3) is 0.650. The molecule has 0 aliphatic carbocycles. The first-order valence-electron chi connectivity index (χ1n) is 9.49. The molecule has 2 heterocycles. The number of piperidine rings is 1. The van der Waals surface area contributed by atoms with E-state index < -0.39 is 0 Å². The molecule has 2 fully saturated rings. The first kappa shape index (κ1) is 18.2. The van der Waals surface area contributed by atoms with Gasteiger partial charge in [0, 0.05) is 38.6 Å². The number of hydrogen-bond acceptors (Lipinski definition) is 4. The van der Waals surface area contributed by atoms with Gasteiger partial charge in [-0.2, -0.15) is 0 Å². The van der Waals surface area contributed by atoms with Gasteiger partial charge in [-0.1, -0.05) is 12.1 Å². The Hall–Kier alpha value is -1.59. The molecule has 2 saturated heterocycles. The van der Waals surface area contributed by atoms with E-state index in [2.05, 4.69) is 9.80 Å². The zero-order valence-corrected chi connectivity index (χ0v) is 15.3. The van der Waals surface area contributed by atoms with Crippen LogP contribution in [-0.2, 0) is 16.0 Å². The van der Waals surface area contributed by atoms with E-state index in [0.29, 0.717) is 18.4 Å². The van der Waals surface area contributed by atoms with Crippen LogP contribution in [0.3, 0.4) is 0 Å². The predicted octanol–water partition coefficient (Wildman–Crippen LogP) is 2.34. The number of carbonyl (C=O) groups excluding carboxylic acids is 1. The fourth-order valence-corrected chi connectivity index (χ4v) is 3.79. The Labute approximate surface area is 150 Å². The number of methoxy groups -OCH3 is 1. The Bertz CT molecular complexity index is 540. The van der Waals surface area contributed by atoms with Crippen LogP contribution < -0.4 is 4.74 Å². The van der Waals surface area contributed by atoms with Crippen molar-refractivity contribution in [1.82, 2.24) is 9.80 Å². The highest BCUT2D eigenvalue weighted by atomic mass is 16.5. The Morgan fingerprint density at radius 1 is 1.16 bits per heavy atom. The lowest BCUT2D eigenvalue weighted by atomic mass is 10.00. The first-order chi connectivity index (χ1) is 12.3. The largest absolute Gasteiger partial charge is 0.497 e. The van der Waals surface area contributed by atoms with Crippen LogP contribution in [0.4, 0.5) is 0 Å². The Balaban J connectivity index is 1.52. The van der Waals surface area contributed by atoms with Gasteiger partial charge in [0.2, 0.25) is 5.91 Å². The van der Waals surface area contributed by atoms with Crippen molar-refractivity contribution in [2.75, 3.05) is 46.5 Å². The molecule has 0 radical (unpaired) electrons. The molecule has 0 N–H and O–H groups in total. The van der Waals surface area contributed by atoms with E-state index in [1.807, 2.05) is 24.3 Å². The summed E-state index contributed by atoms with van der Waals surface area (Å²) in [5.74, 6) is 1.16. The van der Waals surface area contributed by atoms with Gasteiger partial charge in [-0.3, -0.25) is 9.69 Å². The van der Waals surface area contributed by atoms with E-state index in [1.165, 1.54) is 12.0 Å². The molecule has 2 aliphatic heterocycles. The van der Waals surface area contributed by atoms with Gasteiger partial charge in [-0.15, -0.1) is 0 Å². The van der Waals surface area contributed by atoms with Gasteiger partial charge in [0.25, 0.3) is 0 Å². The molecular formula is C20H30N2O3. The number of morpholine rings is 1.